The van der Waals surface area contributed by atoms with Crippen molar-refractivity contribution in [2.45, 2.75) is 208 Å². The molecule has 17 heteroatoms. The monoisotopic (exact) mass is 977 g/mol. The molecular weight excluding hydrogens is 897 g/mol. The molecule has 7 aliphatic rings. The Morgan fingerprint density at radius 2 is 1.25 bits per heavy atom. The van der Waals surface area contributed by atoms with Gasteiger partial charge in [0.15, 0.2) is 30.9 Å². The zero-order valence-electron chi connectivity index (χ0n) is 42.7. The Labute approximate surface area is 407 Å². The van der Waals surface area contributed by atoms with Gasteiger partial charge in [-0.1, -0.05) is 46.8 Å². The fourth-order valence-electron chi connectivity index (χ4n) is 16.0. The van der Waals surface area contributed by atoms with Crippen molar-refractivity contribution in [2.75, 3.05) is 19.8 Å². The summed E-state index contributed by atoms with van der Waals surface area (Å²) in [5, 5.41) is 34.3. The molecule has 0 aromatic rings. The molecule has 390 valence electrons. The van der Waals surface area contributed by atoms with E-state index in [0.29, 0.717) is 36.7 Å². The molecule has 69 heavy (non-hydrogen) atoms. The second-order valence-corrected chi connectivity index (χ2v) is 23.2. The van der Waals surface area contributed by atoms with Crippen molar-refractivity contribution >= 4 is 29.8 Å². The highest BCUT2D eigenvalue weighted by Gasteiger charge is 2.71. The lowest BCUT2D eigenvalue weighted by Crippen LogP contribution is -2.68. The number of hydrogen-bond acceptors (Lipinski definition) is 17. The van der Waals surface area contributed by atoms with Gasteiger partial charge in [-0.2, -0.15) is 0 Å². The van der Waals surface area contributed by atoms with Gasteiger partial charge in [0.2, 0.25) is 0 Å². The average molecular weight is 977 g/mol. The minimum atomic E-state index is -1.69. The first-order valence-corrected chi connectivity index (χ1v) is 25.3. The lowest BCUT2D eigenvalue weighted by Gasteiger charge is -2.73. The summed E-state index contributed by atoms with van der Waals surface area (Å²) < 4.78 is 53.0. The minimum Gasteiger partial charge on any atom is -0.465 e. The van der Waals surface area contributed by atoms with Crippen molar-refractivity contribution in [3.05, 3.63) is 12.2 Å². The van der Waals surface area contributed by atoms with E-state index in [-0.39, 0.29) is 33.5 Å². The first kappa shape index (κ1) is 53.6. The summed E-state index contributed by atoms with van der Waals surface area (Å²) in [5.41, 5.74) is 0.874. The number of esters is 5. The van der Waals surface area contributed by atoms with Gasteiger partial charge in [-0.3, -0.25) is 24.0 Å². The summed E-state index contributed by atoms with van der Waals surface area (Å²) in [6.45, 7) is 24.0. The minimum absolute atomic E-state index is 0.0257. The van der Waals surface area contributed by atoms with Gasteiger partial charge < -0.3 is 58.0 Å². The summed E-state index contributed by atoms with van der Waals surface area (Å²) in [5.74, 6) is -1.41. The van der Waals surface area contributed by atoms with Gasteiger partial charge in [-0.05, 0) is 122 Å². The standard InChI is InChI=1S/C52H80O17/c1-26(2)32-15-20-52(25-62-28(4)55)22-21-50(11)33(39(32)52)13-14-37-49(10)18-17-38(48(8,9)36(49)16-19-51(37,50)12)68-43-40(59)41(34(23-53)66-46(43)60)69-47-45(65-31(7)58)44(64-30(6)57)42(63-29(5)56)35(67-47)24-61-27(3)54/h32-47,53,59-60H,1,13-25H2,2-12H3/t32-,33+,34+,35?,36-,37+,38?,39+,40-,41-,42?,43+,44?,45?,46+,47?,49-,50+,51+,52+/m0/s1. The van der Waals surface area contributed by atoms with Crippen LogP contribution < -0.4 is 0 Å². The third-order valence-electron chi connectivity index (χ3n) is 19.1. The molecule has 7 rings (SSSR count). The van der Waals surface area contributed by atoms with Crippen molar-refractivity contribution in [3.8, 4) is 0 Å². The molecule has 0 bridgehead atoms. The van der Waals surface area contributed by atoms with Crippen LogP contribution in [0.25, 0.3) is 0 Å². The number of allylic oxidation sites excluding steroid dienone is 1. The molecule has 2 aliphatic heterocycles. The summed E-state index contributed by atoms with van der Waals surface area (Å²) in [6, 6.07) is 0. The lowest BCUT2D eigenvalue weighted by molar-refractivity contribution is -0.365. The van der Waals surface area contributed by atoms with E-state index in [9.17, 15) is 39.3 Å². The summed E-state index contributed by atoms with van der Waals surface area (Å²) in [7, 11) is 0. The maximum atomic E-state index is 12.6. The molecule has 0 amide bonds. The van der Waals surface area contributed by atoms with Crippen LogP contribution in [0, 0.1) is 56.7 Å². The Kier molecular flexibility index (Phi) is 15.6. The highest BCUT2D eigenvalue weighted by Crippen LogP contribution is 2.77. The predicted octanol–water partition coefficient (Wildman–Crippen LogP) is 5.50. The molecule has 20 atom stereocenters. The summed E-state index contributed by atoms with van der Waals surface area (Å²) in [6.07, 6.45) is -5.56. The zero-order valence-corrected chi connectivity index (χ0v) is 42.7. The molecule has 3 N–H and O–H groups in total. The lowest BCUT2D eigenvalue weighted by atomic mass is 9.32. The van der Waals surface area contributed by atoms with E-state index < -0.39 is 110 Å². The van der Waals surface area contributed by atoms with Crippen LogP contribution >= 0.6 is 0 Å². The molecule has 0 spiro atoms. The Morgan fingerprint density at radius 1 is 0.609 bits per heavy atom. The molecule has 0 radical (unpaired) electrons. The molecule has 0 aromatic heterocycles. The molecule has 7 fully saturated rings. The van der Waals surface area contributed by atoms with Crippen molar-refractivity contribution < 1.29 is 81.9 Å². The molecule has 5 aliphatic carbocycles. The normalized spacial score (nSPS) is 45.5. The van der Waals surface area contributed by atoms with Crippen LogP contribution in [0.5, 0.6) is 0 Å². The van der Waals surface area contributed by atoms with Gasteiger partial charge in [0.25, 0.3) is 0 Å². The number of rotatable bonds is 13. The van der Waals surface area contributed by atoms with Crippen LogP contribution in [0.15, 0.2) is 12.2 Å². The van der Waals surface area contributed by atoms with E-state index in [1.54, 1.807) is 0 Å². The van der Waals surface area contributed by atoms with Crippen LogP contribution in [-0.2, 0) is 66.6 Å². The van der Waals surface area contributed by atoms with E-state index in [1.165, 1.54) is 12.5 Å². The first-order valence-electron chi connectivity index (χ1n) is 25.3. The second-order valence-electron chi connectivity index (χ2n) is 23.2. The Bertz CT molecular complexity index is 1960. The number of fused-ring (bicyclic) bond motifs is 7. The molecular formula is C52H80O17. The van der Waals surface area contributed by atoms with Gasteiger partial charge in [-0.25, -0.2) is 0 Å². The van der Waals surface area contributed by atoms with Crippen molar-refractivity contribution in [3.63, 3.8) is 0 Å². The Hall–Kier alpha value is -3.19. The van der Waals surface area contributed by atoms with Gasteiger partial charge in [0.05, 0.1) is 19.3 Å². The number of carbonyl (C=O) groups is 5. The number of aliphatic hydroxyl groups is 3. The maximum absolute atomic E-state index is 12.6. The molecule has 2 saturated heterocycles. The van der Waals surface area contributed by atoms with Crippen LogP contribution in [-0.4, -0.2) is 133 Å². The van der Waals surface area contributed by atoms with Crippen LogP contribution in [0.4, 0.5) is 0 Å². The largest absolute Gasteiger partial charge is 0.465 e. The second kappa shape index (κ2) is 20.0. The molecule has 0 aromatic carbocycles. The number of carbonyl (C=O) groups excluding carboxylic acids is 5. The number of hydrogen-bond donors (Lipinski definition) is 3. The number of ether oxygens (including phenoxy) is 9. The predicted molar refractivity (Wildman–Crippen MR) is 245 cm³/mol. The van der Waals surface area contributed by atoms with Crippen LogP contribution in [0.1, 0.15) is 140 Å². The third-order valence-corrected chi connectivity index (χ3v) is 19.1. The van der Waals surface area contributed by atoms with Gasteiger partial charge in [0.1, 0.15) is 37.1 Å². The maximum Gasteiger partial charge on any atom is 0.303 e. The molecule has 6 unspecified atom stereocenters. The smallest absolute Gasteiger partial charge is 0.303 e. The fourth-order valence-corrected chi connectivity index (χ4v) is 16.0. The quantitative estimate of drug-likeness (QED) is 0.118. The number of aliphatic hydroxyl groups excluding tert-OH is 3. The molecule has 5 saturated carbocycles. The Morgan fingerprint density at radius 3 is 1.86 bits per heavy atom. The summed E-state index contributed by atoms with van der Waals surface area (Å²) in [4.78, 5) is 61.4. The Balaban J connectivity index is 1.12. The average Bonchev–Trinajstić information content (AvgIpc) is 3.64. The molecule has 17 nitrogen and oxygen atoms in total. The topological polar surface area (TPSA) is 229 Å². The van der Waals surface area contributed by atoms with Gasteiger partial charge in [0, 0.05) is 40.0 Å². The van der Waals surface area contributed by atoms with E-state index in [1.807, 2.05) is 0 Å². The van der Waals surface area contributed by atoms with Gasteiger partial charge in [-0.15, -0.1) is 0 Å². The van der Waals surface area contributed by atoms with Crippen LogP contribution in [0.2, 0.25) is 0 Å². The third kappa shape index (κ3) is 9.65. The fraction of sp³-hybridized carbons (Fsp3) is 0.865. The highest BCUT2D eigenvalue weighted by atomic mass is 16.8. The zero-order chi connectivity index (χ0) is 50.8. The highest BCUT2D eigenvalue weighted by molar-refractivity contribution is 5.69. The molecule has 2 heterocycles. The van der Waals surface area contributed by atoms with E-state index in [0.717, 1.165) is 85.5 Å². The van der Waals surface area contributed by atoms with Gasteiger partial charge >= 0.3 is 29.8 Å². The van der Waals surface area contributed by atoms with Crippen molar-refractivity contribution in [1.82, 2.24) is 0 Å². The summed E-state index contributed by atoms with van der Waals surface area (Å²) >= 11 is 0. The van der Waals surface area contributed by atoms with Crippen LogP contribution in [0.3, 0.4) is 0 Å². The van der Waals surface area contributed by atoms with E-state index in [2.05, 4.69) is 48.1 Å². The first-order chi connectivity index (χ1) is 32.2. The van der Waals surface area contributed by atoms with Crippen molar-refractivity contribution in [1.29, 1.82) is 0 Å². The SMILES string of the molecule is C=C(C)[C@@H]1CC[C@]2(COC(C)=O)CC[C@]3(C)[C@H](CC[C@@H]4[C@@]5(C)CCC(O[C@@H]6[C@@H](O)[C@@H](OC7OC(COC(C)=O)C(OC(C)=O)C(OC(C)=O)C7OC(C)=O)[C@@H](CO)O[C@H]6O)C(C)(C)[C@@H]5CC[C@]43C)[C@@H]12. The van der Waals surface area contributed by atoms with Crippen molar-refractivity contribution in [2.24, 2.45) is 56.7 Å². The van der Waals surface area contributed by atoms with E-state index >= 15 is 0 Å². The van der Waals surface area contributed by atoms with E-state index in [4.69, 9.17) is 42.6 Å².